The summed E-state index contributed by atoms with van der Waals surface area (Å²) in [5.41, 5.74) is 3.16. The van der Waals surface area contributed by atoms with Gasteiger partial charge in [-0.05, 0) is 55.2 Å². The van der Waals surface area contributed by atoms with Gasteiger partial charge in [0.2, 0.25) is 0 Å². The number of nitrogens with one attached hydrogen (secondary N) is 1. The lowest BCUT2D eigenvalue weighted by Gasteiger charge is -2.18. The molecule has 0 saturated carbocycles. The van der Waals surface area contributed by atoms with Crippen molar-refractivity contribution in [1.29, 1.82) is 0 Å². The van der Waals surface area contributed by atoms with Crippen molar-refractivity contribution >= 4 is 44.1 Å². The molecule has 5 nitrogen and oxygen atoms in total. The van der Waals surface area contributed by atoms with Crippen molar-refractivity contribution in [2.75, 3.05) is 5.32 Å². The zero-order chi connectivity index (χ0) is 20.1. The van der Waals surface area contributed by atoms with Crippen LogP contribution in [0.3, 0.4) is 0 Å². The highest BCUT2D eigenvalue weighted by Gasteiger charge is 2.27. The average Bonchev–Trinajstić information content (AvgIpc) is 2.98. The Morgan fingerprint density at radius 1 is 1.18 bits per heavy atom. The lowest BCUT2D eigenvalue weighted by molar-refractivity contribution is 0.524. The molecule has 0 radical (unpaired) electrons. The van der Waals surface area contributed by atoms with Crippen molar-refractivity contribution in [3.63, 3.8) is 0 Å². The number of nitrogens with zero attached hydrogens (tertiary/aromatic N) is 2. The van der Waals surface area contributed by atoms with E-state index in [0.717, 1.165) is 35.0 Å². The number of hydrogen-bond donors (Lipinski definition) is 1. The molecule has 28 heavy (non-hydrogen) atoms. The molecule has 0 aliphatic carbocycles. The van der Waals surface area contributed by atoms with E-state index >= 15 is 0 Å². The van der Waals surface area contributed by atoms with Gasteiger partial charge >= 0.3 is 0 Å². The highest BCUT2D eigenvalue weighted by molar-refractivity contribution is 7.90. The summed E-state index contributed by atoms with van der Waals surface area (Å²) < 4.78 is 31.8. The van der Waals surface area contributed by atoms with E-state index in [-0.39, 0.29) is 4.90 Å². The summed E-state index contributed by atoms with van der Waals surface area (Å²) >= 11 is 6.23. The summed E-state index contributed by atoms with van der Waals surface area (Å²) in [6, 6.07) is 11.0. The molecule has 4 rings (SSSR count). The summed E-state index contributed by atoms with van der Waals surface area (Å²) in [7, 11) is -3.77. The van der Waals surface area contributed by atoms with Crippen LogP contribution in [0, 0.1) is 12.8 Å². The van der Waals surface area contributed by atoms with E-state index < -0.39 is 10.0 Å². The molecule has 146 valence electrons. The largest absolute Gasteiger partial charge is 0.347 e. The van der Waals surface area contributed by atoms with E-state index in [1.807, 2.05) is 37.4 Å². The zero-order valence-electron chi connectivity index (χ0n) is 16.0. The molecule has 3 aromatic rings. The SMILES string of the molecule is Cc1ccc2c(c1)S(=O)(=O)N=C(c1cn(CCC(C)C)c3ccc(Cl)cc13)N2. The number of aromatic nitrogens is 1. The quantitative estimate of drug-likeness (QED) is 0.636. The number of hydrogen-bond acceptors (Lipinski definition) is 3. The third-order valence-corrected chi connectivity index (χ3v) is 6.48. The topological polar surface area (TPSA) is 63.5 Å². The zero-order valence-corrected chi connectivity index (χ0v) is 17.6. The molecular formula is C21H22ClN3O2S. The first-order chi connectivity index (χ1) is 13.2. The van der Waals surface area contributed by atoms with Crippen LogP contribution in [0.15, 0.2) is 51.9 Å². The van der Waals surface area contributed by atoms with Crippen LogP contribution in [-0.4, -0.2) is 18.8 Å². The van der Waals surface area contributed by atoms with Crippen molar-refractivity contribution in [2.45, 2.75) is 38.6 Å². The second kappa shape index (κ2) is 6.94. The normalized spacial score (nSPS) is 15.4. The fourth-order valence-electron chi connectivity index (χ4n) is 3.42. The molecule has 2 aromatic carbocycles. The minimum Gasteiger partial charge on any atom is -0.347 e. The summed E-state index contributed by atoms with van der Waals surface area (Å²) in [5, 5.41) is 4.69. The standard InChI is InChI=1S/C21H22ClN3O2S/c1-13(2)8-9-25-12-17(16-11-15(22)5-7-19(16)25)21-23-18-6-4-14(3)10-20(18)28(26,27)24-21/h4-7,10-13H,8-9H2,1-3H3,(H,23,24). The second-order valence-electron chi connectivity index (χ2n) is 7.62. The Kier molecular flexibility index (Phi) is 4.71. The maximum atomic E-state index is 12.8. The Balaban J connectivity index is 1.86. The Morgan fingerprint density at radius 3 is 2.71 bits per heavy atom. The summed E-state index contributed by atoms with van der Waals surface area (Å²) in [4.78, 5) is 0.206. The first-order valence-electron chi connectivity index (χ1n) is 9.26. The molecule has 0 unspecified atom stereocenters. The van der Waals surface area contributed by atoms with Crippen LogP contribution in [0.4, 0.5) is 5.69 Å². The van der Waals surface area contributed by atoms with Gasteiger partial charge in [0, 0.05) is 34.2 Å². The van der Waals surface area contributed by atoms with Crippen LogP contribution in [0.2, 0.25) is 5.02 Å². The van der Waals surface area contributed by atoms with Crippen LogP contribution in [0.25, 0.3) is 10.9 Å². The molecule has 7 heteroatoms. The van der Waals surface area contributed by atoms with Gasteiger partial charge in [-0.1, -0.05) is 31.5 Å². The van der Waals surface area contributed by atoms with Crippen molar-refractivity contribution in [3.8, 4) is 0 Å². The van der Waals surface area contributed by atoms with E-state index in [4.69, 9.17) is 11.6 Å². The maximum absolute atomic E-state index is 12.8. The fourth-order valence-corrected chi connectivity index (χ4v) is 4.81. The minimum absolute atomic E-state index is 0.206. The van der Waals surface area contributed by atoms with Crippen molar-refractivity contribution in [3.05, 3.63) is 58.7 Å². The van der Waals surface area contributed by atoms with Crippen LogP contribution >= 0.6 is 11.6 Å². The number of halogens is 1. The monoisotopic (exact) mass is 415 g/mol. The lowest BCUT2D eigenvalue weighted by atomic mass is 10.1. The van der Waals surface area contributed by atoms with Crippen molar-refractivity contribution in [2.24, 2.45) is 10.3 Å². The van der Waals surface area contributed by atoms with Gasteiger partial charge in [0.15, 0.2) is 5.84 Å². The third-order valence-electron chi connectivity index (χ3n) is 4.93. The van der Waals surface area contributed by atoms with Gasteiger partial charge in [-0.3, -0.25) is 0 Å². The average molecular weight is 416 g/mol. The molecule has 0 fully saturated rings. The summed E-state index contributed by atoms with van der Waals surface area (Å²) in [6.07, 6.45) is 2.98. The van der Waals surface area contributed by atoms with E-state index in [9.17, 15) is 8.42 Å². The highest BCUT2D eigenvalue weighted by atomic mass is 35.5. The summed E-state index contributed by atoms with van der Waals surface area (Å²) in [6.45, 7) is 7.06. The number of fused-ring (bicyclic) bond motifs is 2. The molecule has 1 aliphatic rings. The Morgan fingerprint density at radius 2 is 1.96 bits per heavy atom. The second-order valence-corrected chi connectivity index (χ2v) is 9.63. The van der Waals surface area contributed by atoms with Gasteiger partial charge in [0.1, 0.15) is 4.90 Å². The van der Waals surface area contributed by atoms with Crippen LogP contribution in [0.1, 0.15) is 31.4 Å². The maximum Gasteiger partial charge on any atom is 0.286 e. The number of rotatable bonds is 4. The van der Waals surface area contributed by atoms with Crippen molar-refractivity contribution < 1.29 is 8.42 Å². The van der Waals surface area contributed by atoms with Gasteiger partial charge in [-0.2, -0.15) is 8.42 Å². The number of sulfonamides is 1. The highest BCUT2D eigenvalue weighted by Crippen LogP contribution is 2.32. The third kappa shape index (κ3) is 3.42. The predicted octanol–water partition coefficient (Wildman–Crippen LogP) is 5.21. The summed E-state index contributed by atoms with van der Waals surface area (Å²) in [5.74, 6) is 0.890. The Bertz CT molecular complexity index is 1210. The number of benzene rings is 2. The minimum atomic E-state index is -3.77. The van der Waals surface area contributed by atoms with Crippen LogP contribution in [0.5, 0.6) is 0 Å². The molecule has 0 saturated heterocycles. The van der Waals surface area contributed by atoms with Gasteiger partial charge < -0.3 is 9.88 Å². The number of aryl methyl sites for hydroxylation is 2. The fraction of sp³-hybridized carbons (Fsp3) is 0.286. The first-order valence-corrected chi connectivity index (χ1v) is 11.1. The smallest absolute Gasteiger partial charge is 0.286 e. The van der Waals surface area contributed by atoms with Gasteiger partial charge in [0.05, 0.1) is 5.69 Å². The molecule has 1 aliphatic heterocycles. The predicted molar refractivity (Wildman–Crippen MR) is 115 cm³/mol. The number of anilines is 1. The van der Waals surface area contributed by atoms with E-state index in [1.165, 1.54) is 0 Å². The molecule has 0 spiro atoms. The molecular weight excluding hydrogens is 394 g/mol. The lowest BCUT2D eigenvalue weighted by Crippen LogP contribution is -2.22. The molecule has 0 bridgehead atoms. The molecule has 2 heterocycles. The van der Waals surface area contributed by atoms with Gasteiger partial charge in [0.25, 0.3) is 10.0 Å². The van der Waals surface area contributed by atoms with Crippen molar-refractivity contribution in [1.82, 2.24) is 4.57 Å². The molecule has 0 amide bonds. The van der Waals surface area contributed by atoms with Crippen LogP contribution in [-0.2, 0) is 16.6 Å². The Labute approximate surface area is 170 Å². The van der Waals surface area contributed by atoms with Gasteiger partial charge in [-0.15, -0.1) is 4.40 Å². The van der Waals surface area contributed by atoms with Crippen LogP contribution < -0.4 is 5.32 Å². The van der Waals surface area contributed by atoms with Gasteiger partial charge in [-0.25, -0.2) is 0 Å². The van der Waals surface area contributed by atoms with E-state index in [2.05, 4.69) is 28.1 Å². The molecule has 0 atom stereocenters. The Hall–Kier alpha value is -2.31. The molecule has 1 N–H and O–H groups in total. The first kappa shape index (κ1) is 19.0. The molecule has 1 aromatic heterocycles. The number of amidine groups is 1. The van der Waals surface area contributed by atoms with E-state index in [0.29, 0.717) is 22.5 Å². The van der Waals surface area contributed by atoms with E-state index in [1.54, 1.807) is 12.1 Å².